The molecule has 3 aromatic carbocycles. The third-order valence-electron chi connectivity index (χ3n) is 4.00. The lowest BCUT2D eigenvalue weighted by Crippen LogP contribution is -2.42. The van der Waals surface area contributed by atoms with Gasteiger partial charge >= 0.3 is 5.97 Å². The molecule has 1 amide bonds. The monoisotopic (exact) mass is 353 g/mol. The third-order valence-corrected chi connectivity index (χ3v) is 4.37. The number of benzene rings is 3. The van der Waals surface area contributed by atoms with Crippen molar-refractivity contribution in [3.63, 3.8) is 0 Å². The number of aliphatic carboxylic acids is 1. The highest BCUT2D eigenvalue weighted by atomic mass is 35.5. The average Bonchev–Trinajstić information content (AvgIpc) is 2.62. The van der Waals surface area contributed by atoms with Crippen LogP contribution in [0.25, 0.3) is 10.8 Å². The number of rotatable bonds is 5. The Labute approximate surface area is 150 Å². The molecule has 0 spiro atoms. The lowest BCUT2D eigenvalue weighted by Gasteiger charge is -2.15. The number of carbonyl (C=O) groups excluding carboxylic acids is 1. The highest BCUT2D eigenvalue weighted by Gasteiger charge is 2.22. The Morgan fingerprint density at radius 3 is 2.36 bits per heavy atom. The van der Waals surface area contributed by atoms with Crippen LogP contribution in [0.15, 0.2) is 66.7 Å². The number of carboxylic acids is 1. The van der Waals surface area contributed by atoms with E-state index in [9.17, 15) is 14.7 Å². The molecule has 0 aliphatic heterocycles. The molecule has 4 nitrogen and oxygen atoms in total. The average molecular weight is 354 g/mol. The van der Waals surface area contributed by atoms with Crippen LogP contribution in [0.5, 0.6) is 0 Å². The van der Waals surface area contributed by atoms with Crippen molar-refractivity contribution in [2.24, 2.45) is 0 Å². The molecule has 0 saturated heterocycles. The predicted molar refractivity (Wildman–Crippen MR) is 98.0 cm³/mol. The molecule has 2 N–H and O–H groups in total. The Balaban J connectivity index is 1.80. The first-order chi connectivity index (χ1) is 12.0. The molecule has 5 heteroatoms. The minimum atomic E-state index is -1.10. The van der Waals surface area contributed by atoms with Crippen LogP contribution in [-0.2, 0) is 11.2 Å². The summed E-state index contributed by atoms with van der Waals surface area (Å²) in [4.78, 5) is 24.0. The van der Waals surface area contributed by atoms with E-state index in [0.717, 1.165) is 10.8 Å². The number of halogens is 1. The maximum absolute atomic E-state index is 12.5. The van der Waals surface area contributed by atoms with Crippen molar-refractivity contribution in [2.45, 2.75) is 12.5 Å². The van der Waals surface area contributed by atoms with Gasteiger partial charge in [0.25, 0.3) is 5.91 Å². The van der Waals surface area contributed by atoms with E-state index >= 15 is 0 Å². The first-order valence-corrected chi connectivity index (χ1v) is 8.18. The fourth-order valence-corrected chi connectivity index (χ4v) is 2.87. The highest BCUT2D eigenvalue weighted by Crippen LogP contribution is 2.18. The molecular formula is C20H16ClNO3. The van der Waals surface area contributed by atoms with Crippen LogP contribution in [0.4, 0.5) is 0 Å². The quantitative estimate of drug-likeness (QED) is 0.730. The van der Waals surface area contributed by atoms with E-state index in [4.69, 9.17) is 11.6 Å². The summed E-state index contributed by atoms with van der Waals surface area (Å²) in [5.41, 5.74) is 1.10. The first kappa shape index (κ1) is 17.0. The number of carbonyl (C=O) groups is 2. The molecule has 0 aliphatic rings. The molecular weight excluding hydrogens is 338 g/mol. The van der Waals surface area contributed by atoms with E-state index in [1.165, 1.54) is 0 Å². The van der Waals surface area contributed by atoms with Crippen LogP contribution < -0.4 is 5.32 Å². The Kier molecular flexibility index (Phi) is 5.00. The number of fused-ring (bicyclic) bond motifs is 1. The van der Waals surface area contributed by atoms with Gasteiger partial charge in [0.15, 0.2) is 0 Å². The maximum Gasteiger partial charge on any atom is 0.326 e. The molecule has 0 bridgehead atoms. The summed E-state index contributed by atoms with van der Waals surface area (Å²) in [5, 5.41) is 14.4. The Morgan fingerprint density at radius 1 is 0.960 bits per heavy atom. The fraction of sp³-hybridized carbons (Fsp3) is 0.100. The predicted octanol–water partition coefficient (Wildman–Crippen LogP) is 3.92. The molecule has 3 aromatic rings. The van der Waals surface area contributed by atoms with Crippen LogP contribution in [0.3, 0.4) is 0 Å². The molecule has 0 fully saturated rings. The van der Waals surface area contributed by atoms with Crippen LogP contribution in [0.1, 0.15) is 15.9 Å². The third kappa shape index (κ3) is 3.98. The van der Waals surface area contributed by atoms with Gasteiger partial charge in [-0.25, -0.2) is 4.79 Å². The van der Waals surface area contributed by atoms with Crippen LogP contribution in [0, 0.1) is 0 Å². The normalized spacial score (nSPS) is 11.9. The minimum Gasteiger partial charge on any atom is -0.480 e. The largest absolute Gasteiger partial charge is 0.480 e. The maximum atomic E-state index is 12.5. The lowest BCUT2D eigenvalue weighted by molar-refractivity contribution is -0.139. The second-order valence-electron chi connectivity index (χ2n) is 5.72. The smallest absolute Gasteiger partial charge is 0.326 e. The Bertz CT molecular complexity index is 939. The zero-order chi connectivity index (χ0) is 17.8. The summed E-state index contributed by atoms with van der Waals surface area (Å²) >= 11 is 6.09. The van der Waals surface area contributed by atoms with Crippen molar-refractivity contribution < 1.29 is 14.7 Å². The standard InChI is InChI=1S/C20H16ClNO3/c21-17-8-4-3-7-15(17)12-18(20(24)25)22-19(23)16-10-9-13-5-1-2-6-14(13)11-16/h1-11,18H,12H2,(H,22,23)(H,24,25)/t18-/m0/s1. The topological polar surface area (TPSA) is 66.4 Å². The second-order valence-corrected chi connectivity index (χ2v) is 6.13. The van der Waals surface area contributed by atoms with Crippen molar-refractivity contribution >= 4 is 34.2 Å². The van der Waals surface area contributed by atoms with E-state index in [0.29, 0.717) is 16.1 Å². The molecule has 0 saturated carbocycles. The summed E-state index contributed by atoms with van der Waals surface area (Å²) in [5.74, 6) is -1.53. The molecule has 25 heavy (non-hydrogen) atoms. The summed E-state index contributed by atoms with van der Waals surface area (Å²) in [7, 11) is 0. The van der Waals surface area contributed by atoms with Crippen molar-refractivity contribution in [3.05, 3.63) is 82.9 Å². The highest BCUT2D eigenvalue weighted by molar-refractivity contribution is 6.31. The van der Waals surface area contributed by atoms with Gasteiger partial charge in [-0.1, -0.05) is 60.1 Å². The first-order valence-electron chi connectivity index (χ1n) is 7.80. The molecule has 0 unspecified atom stereocenters. The van der Waals surface area contributed by atoms with Crippen LogP contribution in [0.2, 0.25) is 5.02 Å². The molecule has 0 aliphatic carbocycles. The van der Waals surface area contributed by atoms with Crippen molar-refractivity contribution in [1.82, 2.24) is 5.32 Å². The second kappa shape index (κ2) is 7.36. The van der Waals surface area contributed by atoms with E-state index < -0.39 is 17.9 Å². The molecule has 0 aromatic heterocycles. The molecule has 1 atom stereocenters. The summed E-state index contributed by atoms with van der Waals surface area (Å²) in [6.45, 7) is 0. The van der Waals surface area contributed by atoms with Gasteiger partial charge in [-0.3, -0.25) is 4.79 Å². The van der Waals surface area contributed by atoms with Crippen molar-refractivity contribution in [2.75, 3.05) is 0 Å². The Morgan fingerprint density at radius 2 is 1.64 bits per heavy atom. The van der Waals surface area contributed by atoms with Crippen LogP contribution >= 0.6 is 11.6 Å². The van der Waals surface area contributed by atoms with Crippen molar-refractivity contribution in [1.29, 1.82) is 0 Å². The number of hydrogen-bond acceptors (Lipinski definition) is 2. The number of amides is 1. The zero-order valence-corrected chi connectivity index (χ0v) is 14.0. The number of carboxylic acid groups (broad SMARTS) is 1. The number of nitrogens with one attached hydrogen (secondary N) is 1. The van der Waals surface area contributed by atoms with E-state index in [2.05, 4.69) is 5.32 Å². The van der Waals surface area contributed by atoms with Gasteiger partial charge in [0, 0.05) is 17.0 Å². The van der Waals surface area contributed by atoms with Gasteiger partial charge in [-0.15, -0.1) is 0 Å². The van der Waals surface area contributed by atoms with Crippen molar-refractivity contribution in [3.8, 4) is 0 Å². The van der Waals surface area contributed by atoms with Gasteiger partial charge < -0.3 is 10.4 Å². The summed E-state index contributed by atoms with van der Waals surface area (Å²) < 4.78 is 0. The van der Waals surface area contributed by atoms with Gasteiger partial charge in [-0.2, -0.15) is 0 Å². The van der Waals surface area contributed by atoms with Gasteiger partial charge in [0.2, 0.25) is 0 Å². The zero-order valence-electron chi connectivity index (χ0n) is 13.3. The lowest BCUT2D eigenvalue weighted by atomic mass is 10.0. The number of hydrogen-bond donors (Lipinski definition) is 2. The van der Waals surface area contributed by atoms with Gasteiger partial charge in [-0.05, 0) is 34.5 Å². The fourth-order valence-electron chi connectivity index (χ4n) is 2.66. The van der Waals surface area contributed by atoms with E-state index in [1.54, 1.807) is 36.4 Å². The molecule has 3 rings (SSSR count). The van der Waals surface area contributed by atoms with Crippen LogP contribution in [-0.4, -0.2) is 23.0 Å². The Hall–Kier alpha value is -2.85. The molecule has 0 heterocycles. The summed E-state index contributed by atoms with van der Waals surface area (Å²) in [6.07, 6.45) is 0.119. The molecule has 0 radical (unpaired) electrons. The van der Waals surface area contributed by atoms with Gasteiger partial charge in [0.05, 0.1) is 0 Å². The van der Waals surface area contributed by atoms with E-state index in [-0.39, 0.29) is 6.42 Å². The molecule has 126 valence electrons. The SMILES string of the molecule is O=C(N[C@@H](Cc1ccccc1Cl)C(=O)O)c1ccc2ccccc2c1. The minimum absolute atomic E-state index is 0.119. The summed E-state index contributed by atoms with van der Waals surface area (Å²) in [6, 6.07) is 18.9. The van der Waals surface area contributed by atoms with Gasteiger partial charge in [0.1, 0.15) is 6.04 Å². The van der Waals surface area contributed by atoms with E-state index in [1.807, 2.05) is 30.3 Å².